The predicted molar refractivity (Wildman–Crippen MR) is 132 cm³/mol. The van der Waals surface area contributed by atoms with E-state index < -0.39 is 5.25 Å². The molecule has 0 radical (unpaired) electrons. The summed E-state index contributed by atoms with van der Waals surface area (Å²) in [5.74, 6) is 0.595. The second-order valence-electron chi connectivity index (χ2n) is 7.40. The Labute approximate surface area is 202 Å². The summed E-state index contributed by atoms with van der Waals surface area (Å²) >= 11 is 1.28. The summed E-state index contributed by atoms with van der Waals surface area (Å²) in [6.45, 7) is 0.278. The molecule has 1 aliphatic rings. The van der Waals surface area contributed by atoms with Crippen molar-refractivity contribution in [1.82, 2.24) is 9.88 Å². The highest BCUT2D eigenvalue weighted by atomic mass is 32.2. The molecule has 3 aromatic rings. The maximum Gasteiger partial charge on any atom is 0.243 e. The lowest BCUT2D eigenvalue weighted by Gasteiger charge is -2.16. The minimum Gasteiger partial charge on any atom is -0.497 e. The Morgan fingerprint density at radius 2 is 1.88 bits per heavy atom. The van der Waals surface area contributed by atoms with Crippen molar-refractivity contribution >= 4 is 40.1 Å². The molecule has 2 heterocycles. The molecule has 1 atom stereocenters. The van der Waals surface area contributed by atoms with E-state index in [1.165, 1.54) is 18.9 Å². The molecule has 9 heteroatoms. The first-order valence-electron chi connectivity index (χ1n) is 10.6. The number of nitrogens with zero attached hydrogens (tertiary/aromatic N) is 3. The maximum absolute atomic E-state index is 13.3. The molecule has 0 unspecified atom stereocenters. The number of hydrogen-bond acceptors (Lipinski definition) is 7. The van der Waals surface area contributed by atoms with Gasteiger partial charge >= 0.3 is 0 Å². The number of benzene rings is 2. The fourth-order valence-electron chi connectivity index (χ4n) is 3.42. The Bertz CT molecular complexity index is 1190. The number of aromatic nitrogens is 1. The summed E-state index contributed by atoms with van der Waals surface area (Å²) in [4.78, 5) is 36.7. The Balaban J connectivity index is 1.53. The van der Waals surface area contributed by atoms with Crippen LogP contribution in [0.3, 0.4) is 0 Å². The van der Waals surface area contributed by atoms with Crippen LogP contribution in [-0.2, 0) is 16.1 Å². The number of hydrogen-bond donors (Lipinski definition) is 1. The number of pyridine rings is 1. The van der Waals surface area contributed by atoms with Crippen LogP contribution in [0.2, 0.25) is 0 Å². The zero-order chi connectivity index (χ0) is 23.9. The van der Waals surface area contributed by atoms with E-state index >= 15 is 0 Å². The third-order valence-corrected chi connectivity index (χ3v) is 6.27. The van der Waals surface area contributed by atoms with Crippen molar-refractivity contribution < 1.29 is 19.1 Å². The number of rotatable bonds is 8. The van der Waals surface area contributed by atoms with Gasteiger partial charge < -0.3 is 14.8 Å². The fraction of sp³-hybridized carbons (Fsp3) is 0.200. The van der Waals surface area contributed by atoms with E-state index in [1.54, 1.807) is 36.4 Å². The SMILES string of the molecule is COc1ccc(OC)c(NC(=O)C[C@H]2SC(=Nc3ccccc3)N(Cc3ccccn3)C2=O)c1. The number of para-hydroxylation sites is 1. The highest BCUT2D eigenvalue weighted by Crippen LogP contribution is 2.34. The van der Waals surface area contributed by atoms with Crippen molar-refractivity contribution in [1.29, 1.82) is 0 Å². The van der Waals surface area contributed by atoms with Crippen LogP contribution in [0.4, 0.5) is 11.4 Å². The lowest BCUT2D eigenvalue weighted by Crippen LogP contribution is -2.33. The molecule has 1 saturated heterocycles. The molecule has 1 aromatic heterocycles. The minimum atomic E-state index is -0.609. The summed E-state index contributed by atoms with van der Waals surface area (Å²) in [6, 6.07) is 20.1. The van der Waals surface area contributed by atoms with Crippen molar-refractivity contribution in [2.24, 2.45) is 4.99 Å². The highest BCUT2D eigenvalue weighted by Gasteiger charge is 2.39. The van der Waals surface area contributed by atoms with Gasteiger partial charge in [-0.05, 0) is 36.4 Å². The number of ether oxygens (including phenoxy) is 2. The van der Waals surface area contributed by atoms with Gasteiger partial charge in [-0.3, -0.25) is 19.5 Å². The first-order valence-corrected chi connectivity index (χ1v) is 11.5. The Hall–Kier alpha value is -3.85. The summed E-state index contributed by atoms with van der Waals surface area (Å²) in [6.07, 6.45) is 1.67. The number of carbonyl (C=O) groups is 2. The zero-order valence-corrected chi connectivity index (χ0v) is 19.6. The molecule has 34 heavy (non-hydrogen) atoms. The second-order valence-corrected chi connectivity index (χ2v) is 8.57. The number of aliphatic imine (C=N–C) groups is 1. The Kier molecular flexibility index (Phi) is 7.44. The number of anilines is 1. The van der Waals surface area contributed by atoms with Gasteiger partial charge in [0.15, 0.2) is 5.17 Å². The van der Waals surface area contributed by atoms with E-state index in [4.69, 9.17) is 9.47 Å². The molecule has 1 aliphatic heterocycles. The maximum atomic E-state index is 13.3. The average Bonchev–Trinajstić information content (AvgIpc) is 3.13. The molecule has 2 aromatic carbocycles. The van der Waals surface area contributed by atoms with Gasteiger partial charge in [-0.2, -0.15) is 0 Å². The molecular formula is C25H24N4O4S. The van der Waals surface area contributed by atoms with Gasteiger partial charge in [0.2, 0.25) is 11.8 Å². The molecule has 1 N–H and O–H groups in total. The topological polar surface area (TPSA) is 93.1 Å². The number of carbonyl (C=O) groups excluding carboxylic acids is 2. The number of amidine groups is 1. The summed E-state index contributed by atoms with van der Waals surface area (Å²) in [7, 11) is 3.07. The third kappa shape index (κ3) is 5.55. The largest absolute Gasteiger partial charge is 0.497 e. The molecule has 0 saturated carbocycles. The van der Waals surface area contributed by atoms with E-state index in [-0.39, 0.29) is 24.8 Å². The summed E-state index contributed by atoms with van der Waals surface area (Å²) in [5, 5.41) is 2.76. The van der Waals surface area contributed by atoms with Crippen LogP contribution in [0.25, 0.3) is 0 Å². The monoisotopic (exact) mass is 476 g/mol. The zero-order valence-electron chi connectivity index (χ0n) is 18.8. The first-order chi connectivity index (χ1) is 16.6. The predicted octanol–water partition coefficient (Wildman–Crippen LogP) is 4.26. The van der Waals surface area contributed by atoms with Crippen molar-refractivity contribution in [2.45, 2.75) is 18.2 Å². The van der Waals surface area contributed by atoms with E-state index in [2.05, 4.69) is 15.3 Å². The normalized spacial score (nSPS) is 16.5. The van der Waals surface area contributed by atoms with Gasteiger partial charge in [-0.1, -0.05) is 36.0 Å². The quantitative estimate of drug-likeness (QED) is 0.522. The first kappa shape index (κ1) is 23.3. The van der Waals surface area contributed by atoms with E-state index in [0.29, 0.717) is 22.4 Å². The smallest absolute Gasteiger partial charge is 0.243 e. The van der Waals surface area contributed by atoms with Crippen LogP contribution in [0.1, 0.15) is 12.1 Å². The van der Waals surface area contributed by atoms with E-state index in [0.717, 1.165) is 11.4 Å². The fourth-order valence-corrected chi connectivity index (χ4v) is 4.58. The number of thioether (sulfide) groups is 1. The highest BCUT2D eigenvalue weighted by molar-refractivity contribution is 8.15. The van der Waals surface area contributed by atoms with Crippen LogP contribution in [0, 0.1) is 0 Å². The van der Waals surface area contributed by atoms with Gasteiger partial charge in [0, 0.05) is 18.7 Å². The van der Waals surface area contributed by atoms with Gasteiger partial charge in [0.1, 0.15) is 16.7 Å². The Morgan fingerprint density at radius 3 is 2.59 bits per heavy atom. The molecule has 0 aliphatic carbocycles. The molecule has 0 bridgehead atoms. The van der Waals surface area contributed by atoms with Crippen molar-refractivity contribution in [3.05, 3.63) is 78.6 Å². The van der Waals surface area contributed by atoms with Gasteiger partial charge in [0.25, 0.3) is 0 Å². The van der Waals surface area contributed by atoms with Gasteiger partial charge in [-0.15, -0.1) is 0 Å². The molecule has 174 valence electrons. The molecule has 4 rings (SSSR count). The summed E-state index contributed by atoms with van der Waals surface area (Å²) < 4.78 is 10.6. The number of nitrogens with one attached hydrogen (secondary N) is 1. The van der Waals surface area contributed by atoms with Crippen LogP contribution in [0.5, 0.6) is 11.5 Å². The van der Waals surface area contributed by atoms with Crippen molar-refractivity contribution in [2.75, 3.05) is 19.5 Å². The standard InChI is InChI=1S/C25H24N4O4S/c1-32-19-11-12-21(33-2)20(14-19)28-23(30)15-22-24(31)29(16-18-10-6-7-13-26-18)25(34-22)27-17-8-4-3-5-9-17/h3-14,22H,15-16H2,1-2H3,(H,28,30)/t22-/m1/s1. The molecule has 2 amide bonds. The minimum absolute atomic E-state index is 0.0175. The van der Waals surface area contributed by atoms with Gasteiger partial charge in [-0.25, -0.2) is 4.99 Å². The van der Waals surface area contributed by atoms with Crippen LogP contribution >= 0.6 is 11.8 Å². The average molecular weight is 477 g/mol. The van der Waals surface area contributed by atoms with Crippen LogP contribution in [0.15, 0.2) is 77.9 Å². The summed E-state index contributed by atoms with van der Waals surface area (Å²) in [5.41, 5.74) is 1.95. The molecule has 8 nitrogen and oxygen atoms in total. The molecule has 1 fully saturated rings. The van der Waals surface area contributed by atoms with Crippen LogP contribution in [-0.4, -0.2) is 46.3 Å². The third-order valence-electron chi connectivity index (χ3n) is 5.10. The molecular weight excluding hydrogens is 452 g/mol. The number of methoxy groups -OCH3 is 2. The lowest BCUT2D eigenvalue weighted by molar-refractivity contribution is -0.128. The van der Waals surface area contributed by atoms with Crippen LogP contribution < -0.4 is 14.8 Å². The Morgan fingerprint density at radius 1 is 1.09 bits per heavy atom. The van der Waals surface area contributed by atoms with Gasteiger partial charge in [0.05, 0.1) is 37.8 Å². The number of amides is 2. The lowest BCUT2D eigenvalue weighted by atomic mass is 10.2. The molecule has 0 spiro atoms. The van der Waals surface area contributed by atoms with E-state index in [1.807, 2.05) is 48.5 Å². The van der Waals surface area contributed by atoms with Crippen molar-refractivity contribution in [3.63, 3.8) is 0 Å². The second kappa shape index (κ2) is 10.8. The van der Waals surface area contributed by atoms with E-state index in [9.17, 15) is 9.59 Å². The van der Waals surface area contributed by atoms with Crippen molar-refractivity contribution in [3.8, 4) is 11.5 Å².